The number of amides is 1. The monoisotopic (exact) mass is 362 g/mol. The van der Waals surface area contributed by atoms with Gasteiger partial charge in [0.15, 0.2) is 6.39 Å². The van der Waals surface area contributed by atoms with Crippen molar-refractivity contribution in [2.45, 2.75) is 57.7 Å². The van der Waals surface area contributed by atoms with Gasteiger partial charge in [0.1, 0.15) is 5.76 Å². The first-order valence-electron chi connectivity index (χ1n) is 9.94. The highest BCUT2D eigenvalue weighted by atomic mass is 16.6. The third-order valence-corrected chi connectivity index (χ3v) is 6.40. The van der Waals surface area contributed by atoms with Crippen LogP contribution >= 0.6 is 0 Å². The average molecular weight is 362 g/mol. The van der Waals surface area contributed by atoms with Gasteiger partial charge in [-0.05, 0) is 57.5 Å². The maximum absolute atomic E-state index is 11.9. The van der Waals surface area contributed by atoms with E-state index < -0.39 is 0 Å². The van der Waals surface area contributed by atoms with Crippen molar-refractivity contribution in [1.29, 1.82) is 0 Å². The Bertz CT molecular complexity index is 592. The van der Waals surface area contributed by atoms with E-state index >= 15 is 0 Å². The van der Waals surface area contributed by atoms with Crippen molar-refractivity contribution in [1.82, 2.24) is 20.1 Å². The molecule has 7 heteroatoms. The Morgan fingerprint density at radius 2 is 2.19 bits per heavy atom. The highest BCUT2D eigenvalue weighted by Gasteiger charge is 2.51. The number of carbonyl (C=O) groups excluding carboxylic acids is 1. The van der Waals surface area contributed by atoms with Gasteiger partial charge in [-0.1, -0.05) is 0 Å². The van der Waals surface area contributed by atoms with E-state index in [9.17, 15) is 4.79 Å². The summed E-state index contributed by atoms with van der Waals surface area (Å²) in [6.07, 6.45) is 9.11. The summed E-state index contributed by atoms with van der Waals surface area (Å²) in [5, 5.41) is 3.58. The number of hydrogen-bond donors (Lipinski definition) is 1. The Labute approximate surface area is 155 Å². The van der Waals surface area contributed by atoms with Gasteiger partial charge in [-0.15, -0.1) is 0 Å². The number of oxazole rings is 1. The lowest BCUT2D eigenvalue weighted by atomic mass is 9.64. The van der Waals surface area contributed by atoms with E-state index in [0.717, 1.165) is 44.9 Å². The lowest BCUT2D eigenvalue weighted by molar-refractivity contribution is -0.00626. The number of hydrogen-bond acceptors (Lipinski definition) is 6. The molecule has 3 heterocycles. The van der Waals surface area contributed by atoms with Crippen LogP contribution in [0.15, 0.2) is 17.0 Å². The van der Waals surface area contributed by atoms with Crippen molar-refractivity contribution in [3.63, 3.8) is 0 Å². The zero-order valence-corrected chi connectivity index (χ0v) is 15.7. The molecule has 1 spiro atoms. The number of rotatable bonds is 5. The van der Waals surface area contributed by atoms with E-state index in [1.165, 1.54) is 32.1 Å². The second-order valence-corrected chi connectivity index (χ2v) is 8.09. The molecule has 144 valence electrons. The van der Waals surface area contributed by atoms with Gasteiger partial charge in [-0.3, -0.25) is 0 Å². The first kappa shape index (κ1) is 17.8. The number of piperidine rings is 1. The SMILES string of the molecule is CCOC(=O)N1CCC2(CC(N3CCC(NCc4cnco4)CC3)C2)C1. The van der Waals surface area contributed by atoms with E-state index in [1.54, 1.807) is 6.20 Å². The van der Waals surface area contributed by atoms with Gasteiger partial charge in [0, 0.05) is 25.2 Å². The first-order valence-corrected chi connectivity index (χ1v) is 9.94. The Kier molecular flexibility index (Phi) is 5.18. The van der Waals surface area contributed by atoms with Gasteiger partial charge in [-0.25, -0.2) is 9.78 Å². The van der Waals surface area contributed by atoms with Gasteiger partial charge in [-0.2, -0.15) is 0 Å². The fourth-order valence-corrected chi connectivity index (χ4v) is 4.88. The second kappa shape index (κ2) is 7.56. The highest BCUT2D eigenvalue weighted by molar-refractivity contribution is 5.68. The largest absolute Gasteiger partial charge is 0.450 e. The van der Waals surface area contributed by atoms with E-state index in [-0.39, 0.29) is 6.09 Å². The minimum Gasteiger partial charge on any atom is -0.450 e. The zero-order valence-electron chi connectivity index (χ0n) is 15.7. The summed E-state index contributed by atoms with van der Waals surface area (Å²) in [5.74, 6) is 0.903. The molecule has 26 heavy (non-hydrogen) atoms. The fourth-order valence-electron chi connectivity index (χ4n) is 4.88. The topological polar surface area (TPSA) is 70.8 Å². The molecule has 0 unspecified atom stereocenters. The molecule has 1 N–H and O–H groups in total. The van der Waals surface area contributed by atoms with Gasteiger partial charge >= 0.3 is 6.09 Å². The number of nitrogens with zero attached hydrogens (tertiary/aromatic N) is 3. The summed E-state index contributed by atoms with van der Waals surface area (Å²) in [6, 6.07) is 1.27. The Hall–Kier alpha value is -1.60. The van der Waals surface area contributed by atoms with Crippen molar-refractivity contribution in [2.75, 3.05) is 32.8 Å². The van der Waals surface area contributed by atoms with Crippen molar-refractivity contribution in [3.8, 4) is 0 Å². The molecule has 1 amide bonds. The number of nitrogens with one attached hydrogen (secondary N) is 1. The normalized spacial score (nSPS) is 29.9. The summed E-state index contributed by atoms with van der Waals surface area (Å²) in [6.45, 7) is 7.17. The van der Waals surface area contributed by atoms with Crippen molar-refractivity contribution in [2.24, 2.45) is 5.41 Å². The smallest absolute Gasteiger partial charge is 0.409 e. The quantitative estimate of drug-likeness (QED) is 0.866. The van der Waals surface area contributed by atoms with Gasteiger partial charge in [0.05, 0.1) is 19.3 Å². The summed E-state index contributed by atoms with van der Waals surface area (Å²) in [4.78, 5) is 20.4. The lowest BCUT2D eigenvalue weighted by Crippen LogP contribution is -2.55. The molecule has 1 saturated carbocycles. The Balaban J connectivity index is 1.17. The molecule has 3 aliphatic rings. The minimum absolute atomic E-state index is 0.133. The van der Waals surface area contributed by atoms with Gasteiger partial charge in [0.2, 0.25) is 0 Å². The van der Waals surface area contributed by atoms with Crippen LogP contribution in [0.4, 0.5) is 4.79 Å². The lowest BCUT2D eigenvalue weighted by Gasteiger charge is -2.51. The summed E-state index contributed by atoms with van der Waals surface area (Å²) in [7, 11) is 0. The molecule has 2 aliphatic heterocycles. The van der Waals surface area contributed by atoms with E-state index in [0.29, 0.717) is 24.1 Å². The molecule has 0 radical (unpaired) electrons. The Morgan fingerprint density at radius 1 is 1.38 bits per heavy atom. The molecule has 0 bridgehead atoms. The van der Waals surface area contributed by atoms with Crippen LogP contribution in [0, 0.1) is 5.41 Å². The third kappa shape index (κ3) is 3.74. The molecule has 3 fully saturated rings. The first-order chi connectivity index (χ1) is 12.7. The maximum Gasteiger partial charge on any atom is 0.409 e. The predicted octanol–water partition coefficient (Wildman–Crippen LogP) is 2.24. The summed E-state index contributed by atoms with van der Waals surface area (Å²) >= 11 is 0. The number of likely N-dealkylation sites (tertiary alicyclic amines) is 2. The van der Waals surface area contributed by atoms with E-state index in [1.807, 2.05) is 11.8 Å². The van der Waals surface area contributed by atoms with Crippen molar-refractivity contribution < 1.29 is 13.9 Å². The summed E-state index contributed by atoms with van der Waals surface area (Å²) < 4.78 is 10.4. The van der Waals surface area contributed by atoms with E-state index in [4.69, 9.17) is 9.15 Å². The molecule has 0 aromatic carbocycles. The van der Waals surface area contributed by atoms with Crippen molar-refractivity contribution >= 4 is 6.09 Å². The molecule has 0 atom stereocenters. The van der Waals surface area contributed by atoms with Gasteiger partial charge < -0.3 is 24.3 Å². The molecule has 1 aromatic rings. The standard InChI is InChI=1S/C19H30N4O3/c1-2-25-18(24)23-8-5-19(13-23)9-16(10-19)22-6-3-15(4-7-22)21-12-17-11-20-14-26-17/h11,14-16,21H,2-10,12-13H2,1H3. The number of aromatic nitrogens is 1. The van der Waals surface area contributed by atoms with Crippen LogP contribution in [0.25, 0.3) is 0 Å². The highest BCUT2D eigenvalue weighted by Crippen LogP contribution is 2.50. The van der Waals surface area contributed by atoms with Gasteiger partial charge in [0.25, 0.3) is 0 Å². The zero-order chi connectivity index (χ0) is 18.0. The van der Waals surface area contributed by atoms with Crippen LogP contribution in [0.5, 0.6) is 0 Å². The minimum atomic E-state index is -0.133. The molecule has 1 aliphatic carbocycles. The summed E-state index contributed by atoms with van der Waals surface area (Å²) in [5.41, 5.74) is 0.360. The number of ether oxygens (including phenoxy) is 1. The van der Waals surface area contributed by atoms with Crippen LogP contribution < -0.4 is 5.32 Å². The third-order valence-electron chi connectivity index (χ3n) is 6.40. The molecule has 2 saturated heterocycles. The Morgan fingerprint density at radius 3 is 2.88 bits per heavy atom. The van der Waals surface area contributed by atoms with Crippen LogP contribution in [0.2, 0.25) is 0 Å². The average Bonchev–Trinajstić information content (AvgIpc) is 3.29. The van der Waals surface area contributed by atoms with Crippen molar-refractivity contribution in [3.05, 3.63) is 18.4 Å². The number of carbonyl (C=O) groups is 1. The van der Waals surface area contributed by atoms with Crippen LogP contribution in [-0.4, -0.2) is 65.7 Å². The second-order valence-electron chi connectivity index (χ2n) is 8.09. The maximum atomic E-state index is 11.9. The predicted molar refractivity (Wildman–Crippen MR) is 96.6 cm³/mol. The molecule has 1 aromatic heterocycles. The van der Waals surface area contributed by atoms with E-state index in [2.05, 4.69) is 15.2 Å². The molecule has 7 nitrogen and oxygen atoms in total. The molecular weight excluding hydrogens is 332 g/mol. The van der Waals surface area contributed by atoms with Crippen LogP contribution in [0.1, 0.15) is 44.8 Å². The molecule has 4 rings (SSSR count). The van der Waals surface area contributed by atoms with Crippen LogP contribution in [0.3, 0.4) is 0 Å². The fraction of sp³-hybridized carbons (Fsp3) is 0.789. The van der Waals surface area contributed by atoms with Crippen LogP contribution in [-0.2, 0) is 11.3 Å². The molecular formula is C19H30N4O3.